The molecule has 5 fully saturated rings. The summed E-state index contributed by atoms with van der Waals surface area (Å²) in [6.07, 6.45) is -0.574. The van der Waals surface area contributed by atoms with Crippen LogP contribution in [-0.2, 0) is 64.5 Å². The number of carbonyl (C=O) groups is 8. The number of amides is 8. The maximum Gasteiger partial charge on any atom is 0.410 e. The van der Waals surface area contributed by atoms with Crippen LogP contribution in [0.4, 0.5) is 9.59 Å². The monoisotopic (exact) mass is 1140 g/mol. The van der Waals surface area contributed by atoms with Crippen molar-refractivity contribution in [1.82, 2.24) is 40.0 Å². The van der Waals surface area contributed by atoms with Gasteiger partial charge in [-0.15, -0.1) is 0 Å². The summed E-state index contributed by atoms with van der Waals surface area (Å²) < 4.78 is 10.8. The van der Waals surface area contributed by atoms with Crippen LogP contribution in [0, 0.1) is 47.3 Å². The molecule has 83 heavy (non-hydrogen) atoms. The van der Waals surface area contributed by atoms with Gasteiger partial charge in [0.25, 0.3) is 0 Å². The highest BCUT2D eigenvalue weighted by atomic mass is 16.6. The Hall–Kier alpha value is -7.84. The van der Waals surface area contributed by atoms with E-state index in [1.54, 1.807) is 27.7 Å². The summed E-state index contributed by atoms with van der Waals surface area (Å²) in [5.41, 5.74) is 0.391. The Labute approximate surface area is 485 Å². The molecule has 5 aliphatic rings. The highest BCUT2D eigenvalue weighted by Gasteiger charge is 2.90. The quantitative estimate of drug-likeness (QED) is 0.0695. The minimum atomic E-state index is -1.35. The number of aliphatic hydroxyl groups is 2. The van der Waals surface area contributed by atoms with E-state index in [1.165, 1.54) is 33.7 Å². The SMILES string of the molecule is CC(C)N(CC(=O)N(CC(=O)NC[C@@]1(O)C2C3C4C2[C@@](O)(CNC(=O)CN(Cc2ccccc2)C(=O)CN(C(=O)CN(C)C(=O)OCc2ccccc2)C(C)C)C2C1[C@H]3C[C@H]42)Cc1ccccc1)C(=O)CN(C)C(=O)OCc1ccccc1. The summed E-state index contributed by atoms with van der Waals surface area (Å²) >= 11 is 0. The van der Waals surface area contributed by atoms with Crippen molar-refractivity contribution in [3.63, 3.8) is 0 Å². The number of likely N-dealkylation sites (N-methyl/N-ethyl adjacent to an activating group) is 2. The van der Waals surface area contributed by atoms with Gasteiger partial charge in [-0.05, 0) is 104 Å². The summed E-state index contributed by atoms with van der Waals surface area (Å²) in [4.78, 5) is 118. The van der Waals surface area contributed by atoms with Crippen molar-refractivity contribution in [3.8, 4) is 0 Å². The van der Waals surface area contributed by atoms with Crippen LogP contribution in [0.3, 0.4) is 0 Å². The standard InChI is InChI=1S/C63H78N8O12/c1-40(2)70(52(76)32-66(5)60(78)82-36-44-23-15-9-16-24-44)34-50(74)68(28-42-19-11-7-12-20-42)30-48(72)64-38-62(80)56-46-27-47-55-54(46)58(62)59(55)63(81,57(47)56)39-65-49(73)31-69(29-43-21-13-8-14-22-43)51(75)35-71(41(3)4)53(77)33-67(6)61(79)83-37-45-25-17-10-18-26-45/h7-26,40-41,46-47,54-59,80-81H,27-39H2,1-6H3,(H,64,72)(H,65,73)/t46-,47+,54?,55?,56?,57?,58?,59?,62-,63+. The predicted molar refractivity (Wildman–Crippen MR) is 304 cm³/mol. The Balaban J connectivity index is 0.811. The second-order valence-electron chi connectivity index (χ2n) is 23.9. The zero-order valence-electron chi connectivity index (χ0n) is 48.2. The lowest BCUT2D eigenvalue weighted by atomic mass is 9.51. The van der Waals surface area contributed by atoms with E-state index in [2.05, 4.69) is 10.6 Å². The zero-order chi connectivity index (χ0) is 59.3. The third-order valence-electron chi connectivity index (χ3n) is 18.0. The number of ether oxygens (including phenoxy) is 2. The molecular formula is C63H78N8O12. The smallest absolute Gasteiger partial charge is 0.410 e. The van der Waals surface area contributed by atoms with Gasteiger partial charge in [0.2, 0.25) is 35.4 Å². The molecule has 4 aromatic rings. The number of benzene rings is 4. The lowest BCUT2D eigenvalue weighted by Gasteiger charge is -2.57. The maximum atomic E-state index is 14.2. The summed E-state index contributed by atoms with van der Waals surface area (Å²) in [7, 11) is 2.89. The largest absolute Gasteiger partial charge is 0.445 e. The topological polar surface area (TPSA) is 239 Å². The zero-order valence-corrected chi connectivity index (χ0v) is 48.2. The highest BCUT2D eigenvalue weighted by molar-refractivity contribution is 5.91. The van der Waals surface area contributed by atoms with Gasteiger partial charge in [0.1, 0.15) is 39.4 Å². The Morgan fingerprint density at radius 2 is 0.795 bits per heavy atom. The van der Waals surface area contributed by atoms with E-state index < -0.39 is 70.9 Å². The van der Waals surface area contributed by atoms with Gasteiger partial charge in [0, 0.05) is 52.4 Å². The lowest BCUT2D eigenvalue weighted by Crippen LogP contribution is -2.69. The molecule has 442 valence electrons. The number of hydrogen-bond acceptors (Lipinski definition) is 12. The van der Waals surface area contributed by atoms with Gasteiger partial charge >= 0.3 is 12.2 Å². The second kappa shape index (κ2) is 25.3. The van der Waals surface area contributed by atoms with E-state index in [9.17, 15) is 48.6 Å². The minimum absolute atomic E-state index is 0.0264. The molecule has 0 aromatic heterocycles. The molecule has 4 aromatic carbocycles. The number of hydrogen-bond donors (Lipinski definition) is 4. The van der Waals surface area contributed by atoms with Crippen molar-refractivity contribution in [2.75, 3.05) is 66.5 Å². The maximum absolute atomic E-state index is 14.2. The van der Waals surface area contributed by atoms with Gasteiger partial charge in [-0.3, -0.25) is 28.8 Å². The van der Waals surface area contributed by atoms with Crippen LogP contribution < -0.4 is 10.6 Å². The molecule has 20 heteroatoms. The normalized spacial score (nSPS) is 24.4. The number of rotatable bonds is 26. The third kappa shape index (κ3) is 12.7. The highest BCUT2D eigenvalue weighted by Crippen LogP contribution is 2.87. The molecule has 5 saturated carbocycles. The summed E-state index contributed by atoms with van der Waals surface area (Å²) in [5.74, 6) is -3.81. The van der Waals surface area contributed by atoms with E-state index in [-0.39, 0.29) is 126 Å². The second-order valence-corrected chi connectivity index (χ2v) is 23.9. The first-order chi connectivity index (χ1) is 39.7. The molecule has 0 spiro atoms. The molecule has 8 amide bonds. The number of nitrogens with one attached hydrogen (secondary N) is 2. The number of fused-ring (bicyclic) bond motifs is 2. The molecule has 10 atom stereocenters. The first-order valence-electron chi connectivity index (χ1n) is 28.7. The van der Waals surface area contributed by atoms with Crippen molar-refractivity contribution in [1.29, 1.82) is 0 Å². The van der Waals surface area contributed by atoms with Gasteiger partial charge in [0.15, 0.2) is 0 Å². The Bertz CT molecular complexity index is 2790. The van der Waals surface area contributed by atoms with Crippen LogP contribution >= 0.6 is 0 Å². The van der Waals surface area contributed by atoms with Crippen LogP contribution in [0.2, 0.25) is 0 Å². The average molecular weight is 1140 g/mol. The van der Waals surface area contributed by atoms with E-state index >= 15 is 0 Å². The van der Waals surface area contributed by atoms with Crippen molar-refractivity contribution >= 4 is 47.6 Å². The average Bonchev–Trinajstić information content (AvgIpc) is 1.45. The van der Waals surface area contributed by atoms with E-state index in [0.717, 1.165) is 38.5 Å². The van der Waals surface area contributed by atoms with Gasteiger partial charge in [-0.2, -0.15) is 0 Å². The minimum Gasteiger partial charge on any atom is -0.445 e. The Morgan fingerprint density at radius 3 is 1.12 bits per heavy atom. The van der Waals surface area contributed by atoms with E-state index in [0.29, 0.717) is 0 Å². The fourth-order valence-corrected chi connectivity index (χ4v) is 14.4. The molecular weight excluding hydrogens is 1060 g/mol. The predicted octanol–water partition coefficient (Wildman–Crippen LogP) is 4.14. The Kier molecular flexibility index (Phi) is 18.2. The number of nitrogens with zero attached hydrogens (tertiary/aromatic N) is 6. The first-order valence-corrected chi connectivity index (χ1v) is 28.7. The van der Waals surface area contributed by atoms with Gasteiger partial charge in [-0.25, -0.2) is 9.59 Å². The molecule has 0 heterocycles. The van der Waals surface area contributed by atoms with Crippen molar-refractivity contribution < 1.29 is 58.0 Å². The molecule has 4 N–H and O–H groups in total. The molecule has 5 aliphatic carbocycles. The van der Waals surface area contributed by atoms with Crippen LogP contribution in [-0.4, -0.2) is 177 Å². The fourth-order valence-electron chi connectivity index (χ4n) is 14.4. The first kappa shape index (κ1) is 59.8. The molecule has 0 saturated heterocycles. The molecule has 6 unspecified atom stereocenters. The molecule has 0 radical (unpaired) electrons. The summed E-state index contributed by atoms with van der Waals surface area (Å²) in [6, 6.07) is 35.7. The summed E-state index contributed by atoms with van der Waals surface area (Å²) in [6.45, 7) is 4.87. The summed E-state index contributed by atoms with van der Waals surface area (Å²) in [5, 5.41) is 31.5. The fraction of sp³-hybridized carbons (Fsp3) is 0.492. The van der Waals surface area contributed by atoms with Gasteiger partial charge in [0.05, 0.1) is 24.3 Å². The van der Waals surface area contributed by atoms with Crippen LogP contribution in [0.1, 0.15) is 56.4 Å². The molecule has 2 bridgehead atoms. The Morgan fingerprint density at radius 1 is 0.470 bits per heavy atom. The molecule has 9 rings (SSSR count). The van der Waals surface area contributed by atoms with Crippen molar-refractivity contribution in [2.24, 2.45) is 47.3 Å². The van der Waals surface area contributed by atoms with Crippen molar-refractivity contribution in [3.05, 3.63) is 144 Å². The molecule has 20 nitrogen and oxygen atoms in total. The van der Waals surface area contributed by atoms with Gasteiger partial charge < -0.3 is 59.7 Å². The third-order valence-corrected chi connectivity index (χ3v) is 18.0. The van der Waals surface area contributed by atoms with Crippen LogP contribution in [0.25, 0.3) is 0 Å². The van der Waals surface area contributed by atoms with E-state index in [1.807, 2.05) is 121 Å². The van der Waals surface area contributed by atoms with Crippen LogP contribution in [0.15, 0.2) is 121 Å². The van der Waals surface area contributed by atoms with Crippen LogP contribution in [0.5, 0.6) is 0 Å². The van der Waals surface area contributed by atoms with Gasteiger partial charge in [-0.1, -0.05) is 121 Å². The molecule has 0 aliphatic heterocycles. The van der Waals surface area contributed by atoms with Crippen molar-refractivity contribution in [2.45, 2.75) is 83.7 Å². The number of carbonyl (C=O) groups excluding carboxylic acids is 8. The van der Waals surface area contributed by atoms with E-state index in [4.69, 9.17) is 9.47 Å². The lowest BCUT2D eigenvalue weighted by molar-refractivity contribution is -0.211.